The Kier molecular flexibility index (Phi) is 7.23. The Morgan fingerprint density at radius 1 is 1.06 bits per heavy atom. The summed E-state index contributed by atoms with van der Waals surface area (Å²) in [5, 5.41) is 1.94. The second-order valence-electron chi connectivity index (χ2n) is 9.79. The Morgan fingerprint density at radius 2 is 1.75 bits per heavy atom. The van der Waals surface area contributed by atoms with E-state index in [1.54, 1.807) is 12.2 Å². The molecule has 2 aliphatic heterocycles. The number of benzene rings is 2. The van der Waals surface area contributed by atoms with E-state index in [4.69, 9.17) is 14.2 Å². The summed E-state index contributed by atoms with van der Waals surface area (Å²) in [5.41, 5.74) is 6.82. The lowest BCUT2D eigenvalue weighted by atomic mass is 9.87. The summed E-state index contributed by atoms with van der Waals surface area (Å²) in [5.74, 6) is 2.31. The number of ether oxygens (including phenoxy) is 3. The number of imide groups is 1. The molecule has 1 unspecified atom stereocenters. The van der Waals surface area contributed by atoms with Crippen LogP contribution >= 0.6 is 11.8 Å². The van der Waals surface area contributed by atoms with Crippen LogP contribution in [0.2, 0.25) is 0 Å². The number of amides is 2. The molecule has 4 rings (SSSR count). The molecule has 2 heterocycles. The quantitative estimate of drug-likeness (QED) is 0.351. The molecule has 0 bridgehead atoms. The minimum atomic E-state index is -0.474. The molecule has 1 atom stereocenters. The van der Waals surface area contributed by atoms with Crippen LogP contribution in [0.1, 0.15) is 52.3 Å². The molecule has 1 N–H and O–H groups in total. The van der Waals surface area contributed by atoms with Crippen molar-refractivity contribution in [2.75, 3.05) is 13.2 Å². The third kappa shape index (κ3) is 5.03. The Hall–Kier alpha value is -3.19. The number of hydrogen-bond acceptors (Lipinski definition) is 6. The summed E-state index contributed by atoms with van der Waals surface area (Å²) >= 11 is 0.917. The molecule has 7 heteroatoms. The zero-order valence-corrected chi connectivity index (χ0v) is 22.6. The summed E-state index contributed by atoms with van der Waals surface area (Å²) in [7, 11) is 0. The lowest BCUT2D eigenvalue weighted by molar-refractivity contribution is -0.115. The van der Waals surface area contributed by atoms with Crippen molar-refractivity contribution in [2.45, 2.75) is 60.0 Å². The molecule has 0 radical (unpaired) electrons. The summed E-state index contributed by atoms with van der Waals surface area (Å²) in [6, 6.07) is 3.93. The van der Waals surface area contributed by atoms with E-state index in [1.807, 2.05) is 26.0 Å². The number of carbonyl (C=O) groups excluding carboxylic acids is 2. The minimum Gasteiger partial charge on any atom is -0.489 e. The lowest BCUT2D eigenvalue weighted by Crippen LogP contribution is -2.42. The van der Waals surface area contributed by atoms with Crippen LogP contribution in [-0.4, -0.2) is 30.0 Å². The highest BCUT2D eigenvalue weighted by Crippen LogP contribution is 2.44. The topological polar surface area (TPSA) is 73.9 Å². The van der Waals surface area contributed by atoms with Gasteiger partial charge in [-0.3, -0.25) is 14.9 Å². The van der Waals surface area contributed by atoms with E-state index in [9.17, 15) is 9.59 Å². The van der Waals surface area contributed by atoms with Crippen LogP contribution in [0.3, 0.4) is 0 Å². The van der Waals surface area contributed by atoms with Gasteiger partial charge >= 0.3 is 0 Å². The number of fused-ring (bicyclic) bond motifs is 1. The second kappa shape index (κ2) is 10.1. The van der Waals surface area contributed by atoms with Crippen LogP contribution in [0.25, 0.3) is 6.08 Å². The molecule has 2 aromatic carbocycles. The van der Waals surface area contributed by atoms with E-state index in [0.29, 0.717) is 18.1 Å². The molecular formula is C29H33NO5S. The molecule has 1 saturated heterocycles. The summed E-state index contributed by atoms with van der Waals surface area (Å²) in [4.78, 5) is 23.7. The van der Waals surface area contributed by atoms with Crippen molar-refractivity contribution in [3.63, 3.8) is 0 Å². The van der Waals surface area contributed by atoms with Crippen LogP contribution in [0.4, 0.5) is 4.79 Å². The normalized spacial score (nSPS) is 20.1. The fourth-order valence-electron chi connectivity index (χ4n) is 4.83. The molecule has 2 aromatic rings. The monoisotopic (exact) mass is 507 g/mol. The van der Waals surface area contributed by atoms with Crippen LogP contribution in [-0.2, 0) is 11.2 Å². The van der Waals surface area contributed by atoms with Crippen LogP contribution < -0.4 is 19.5 Å². The molecule has 2 amide bonds. The van der Waals surface area contributed by atoms with E-state index in [1.165, 1.54) is 5.56 Å². The average molecular weight is 508 g/mol. The summed E-state index contributed by atoms with van der Waals surface area (Å²) < 4.78 is 18.9. The fraction of sp³-hybridized carbons (Fsp3) is 0.379. The van der Waals surface area contributed by atoms with Gasteiger partial charge in [-0.25, -0.2) is 0 Å². The fourth-order valence-corrected chi connectivity index (χ4v) is 5.52. The highest BCUT2D eigenvalue weighted by Gasteiger charge is 2.36. The summed E-state index contributed by atoms with van der Waals surface area (Å²) in [6.07, 6.45) is 5.21. The Morgan fingerprint density at radius 3 is 2.36 bits per heavy atom. The average Bonchev–Trinajstić information content (AvgIpc) is 3.13. The lowest BCUT2D eigenvalue weighted by Gasteiger charge is -2.38. The van der Waals surface area contributed by atoms with Gasteiger partial charge in [0.05, 0.1) is 4.91 Å². The number of aryl methyl sites for hydroxylation is 2. The van der Waals surface area contributed by atoms with E-state index < -0.39 is 5.60 Å². The third-order valence-corrected chi connectivity index (χ3v) is 7.66. The molecule has 36 heavy (non-hydrogen) atoms. The molecule has 6 nitrogen and oxygen atoms in total. The molecule has 1 fully saturated rings. The van der Waals surface area contributed by atoms with Crippen molar-refractivity contribution in [3.05, 3.63) is 68.6 Å². The van der Waals surface area contributed by atoms with Gasteiger partial charge in [0, 0.05) is 5.56 Å². The van der Waals surface area contributed by atoms with Gasteiger partial charge in [-0.05, 0) is 118 Å². The highest BCUT2D eigenvalue weighted by atomic mass is 32.2. The molecule has 0 aliphatic carbocycles. The Labute approximate surface area is 217 Å². The highest BCUT2D eigenvalue weighted by molar-refractivity contribution is 8.18. The first kappa shape index (κ1) is 25.9. The molecule has 0 spiro atoms. The van der Waals surface area contributed by atoms with Crippen LogP contribution in [0.15, 0.2) is 29.7 Å². The predicted molar refractivity (Wildman–Crippen MR) is 144 cm³/mol. The zero-order valence-electron chi connectivity index (χ0n) is 21.8. The van der Waals surface area contributed by atoms with Gasteiger partial charge in [0.1, 0.15) is 36.1 Å². The van der Waals surface area contributed by atoms with Crippen LogP contribution in [0, 0.1) is 34.6 Å². The SMILES string of the molecule is C=CCOc1c(C)c(C)c2c(c1C)CCC(C)(COc1c(C)cc(C=C3SC(=O)NC3=O)cc1C)O2. The zero-order chi connectivity index (χ0) is 26.2. The van der Waals surface area contributed by atoms with Crippen molar-refractivity contribution in [2.24, 2.45) is 0 Å². The molecule has 2 aliphatic rings. The summed E-state index contributed by atoms with van der Waals surface area (Å²) in [6.45, 7) is 17.0. The number of carbonyl (C=O) groups is 2. The van der Waals surface area contributed by atoms with Gasteiger partial charge in [0.25, 0.3) is 11.1 Å². The first-order chi connectivity index (χ1) is 17.0. The Bertz CT molecular complexity index is 1270. The molecular weight excluding hydrogens is 474 g/mol. The van der Waals surface area contributed by atoms with Gasteiger partial charge in [-0.2, -0.15) is 0 Å². The first-order valence-electron chi connectivity index (χ1n) is 12.1. The third-order valence-electron chi connectivity index (χ3n) is 6.85. The number of hydrogen-bond donors (Lipinski definition) is 1. The first-order valence-corrected chi connectivity index (χ1v) is 12.9. The van der Waals surface area contributed by atoms with Gasteiger partial charge in [-0.15, -0.1) is 0 Å². The van der Waals surface area contributed by atoms with Crippen molar-refractivity contribution in [1.29, 1.82) is 0 Å². The molecule has 0 aromatic heterocycles. The van der Waals surface area contributed by atoms with Gasteiger partial charge in [0.2, 0.25) is 0 Å². The largest absolute Gasteiger partial charge is 0.489 e. The van der Waals surface area contributed by atoms with Crippen molar-refractivity contribution >= 4 is 29.0 Å². The van der Waals surface area contributed by atoms with Gasteiger partial charge in [0.15, 0.2) is 0 Å². The maximum Gasteiger partial charge on any atom is 0.290 e. The van der Waals surface area contributed by atoms with Crippen molar-refractivity contribution < 1.29 is 23.8 Å². The maximum atomic E-state index is 11.9. The van der Waals surface area contributed by atoms with E-state index in [-0.39, 0.29) is 11.1 Å². The van der Waals surface area contributed by atoms with Crippen molar-refractivity contribution in [3.8, 4) is 17.2 Å². The number of thioether (sulfide) groups is 1. The van der Waals surface area contributed by atoms with E-state index in [2.05, 4.69) is 39.6 Å². The molecule has 190 valence electrons. The number of rotatable bonds is 7. The van der Waals surface area contributed by atoms with E-state index >= 15 is 0 Å². The smallest absolute Gasteiger partial charge is 0.290 e. The number of nitrogens with one attached hydrogen (secondary N) is 1. The Balaban J connectivity index is 1.53. The van der Waals surface area contributed by atoms with Crippen LogP contribution in [0.5, 0.6) is 17.2 Å². The predicted octanol–water partition coefficient (Wildman–Crippen LogP) is 6.28. The standard InChI is InChI=1S/C29H33NO5S/c1-8-11-33-25-18(4)19(5)26-22(20(25)6)9-10-29(7,35-26)15-34-24-16(2)12-21(13-17(24)3)14-23-27(31)30-28(32)36-23/h8,12-14H,1,9-11,15H2,2-7H3,(H,30,31,32). The minimum absolute atomic E-state index is 0.344. The van der Waals surface area contributed by atoms with E-state index in [0.717, 1.165) is 75.2 Å². The van der Waals surface area contributed by atoms with Gasteiger partial charge in [-0.1, -0.05) is 12.7 Å². The maximum absolute atomic E-state index is 11.9. The van der Waals surface area contributed by atoms with Crippen molar-refractivity contribution in [1.82, 2.24) is 5.32 Å². The molecule has 0 saturated carbocycles. The van der Waals surface area contributed by atoms with Gasteiger partial charge < -0.3 is 14.2 Å². The second-order valence-corrected chi connectivity index (χ2v) is 10.8.